The minimum atomic E-state index is -0.345. The van der Waals surface area contributed by atoms with Gasteiger partial charge < -0.3 is 5.32 Å². The second-order valence-electron chi connectivity index (χ2n) is 3.62. The van der Waals surface area contributed by atoms with Crippen LogP contribution in [0.3, 0.4) is 0 Å². The molecule has 0 saturated heterocycles. The van der Waals surface area contributed by atoms with Crippen LogP contribution in [0.2, 0.25) is 0 Å². The van der Waals surface area contributed by atoms with Crippen LogP contribution in [0.25, 0.3) is 0 Å². The van der Waals surface area contributed by atoms with Crippen molar-refractivity contribution >= 4 is 29.1 Å². The van der Waals surface area contributed by atoms with Gasteiger partial charge in [-0.2, -0.15) is 0 Å². The summed E-state index contributed by atoms with van der Waals surface area (Å²) in [5.74, 6) is -0.292. The summed E-state index contributed by atoms with van der Waals surface area (Å²) in [6, 6.07) is 5.54. The summed E-state index contributed by atoms with van der Waals surface area (Å²) in [7, 11) is 0. The first-order valence-corrected chi connectivity index (χ1v) is 6.21. The number of anilines is 1. The lowest BCUT2D eigenvalue weighted by Gasteiger charge is -2.08. The summed E-state index contributed by atoms with van der Waals surface area (Å²) >= 11 is 1.28. The Hall–Kier alpha value is -1.36. The summed E-state index contributed by atoms with van der Waals surface area (Å²) in [6.45, 7) is 3.26. The fraction of sp³-hybridized carbons (Fsp3) is 0.333. The molecule has 5 heteroatoms. The van der Waals surface area contributed by atoms with E-state index in [0.29, 0.717) is 5.69 Å². The van der Waals surface area contributed by atoms with Gasteiger partial charge in [0.05, 0.1) is 11.0 Å². The molecule has 0 heterocycles. The number of nitrogens with one attached hydrogen (secondary N) is 1. The number of ketones is 1. The van der Waals surface area contributed by atoms with Crippen molar-refractivity contribution < 1.29 is 14.0 Å². The van der Waals surface area contributed by atoms with E-state index in [1.165, 1.54) is 43.0 Å². The van der Waals surface area contributed by atoms with Gasteiger partial charge in [-0.15, -0.1) is 11.8 Å². The molecule has 0 fully saturated rings. The van der Waals surface area contributed by atoms with Gasteiger partial charge in [0.25, 0.3) is 0 Å². The zero-order valence-corrected chi connectivity index (χ0v) is 10.5. The highest BCUT2D eigenvalue weighted by Crippen LogP contribution is 2.13. The summed E-state index contributed by atoms with van der Waals surface area (Å²) in [5, 5.41) is 2.44. The molecule has 0 saturated carbocycles. The minimum absolute atomic E-state index is 0.0459. The Bertz CT molecular complexity index is 405. The average molecular weight is 255 g/mol. The Morgan fingerprint density at radius 3 is 2.47 bits per heavy atom. The van der Waals surface area contributed by atoms with Crippen LogP contribution < -0.4 is 5.32 Å². The van der Waals surface area contributed by atoms with E-state index in [2.05, 4.69) is 5.32 Å². The Kier molecular flexibility index (Phi) is 5.15. The summed E-state index contributed by atoms with van der Waals surface area (Å²) in [5.41, 5.74) is 0.549. The van der Waals surface area contributed by atoms with Gasteiger partial charge in [-0.3, -0.25) is 9.59 Å². The molecular weight excluding hydrogens is 241 g/mol. The van der Waals surface area contributed by atoms with Crippen molar-refractivity contribution in [3.8, 4) is 0 Å². The van der Waals surface area contributed by atoms with Crippen molar-refractivity contribution in [1.29, 1.82) is 0 Å². The van der Waals surface area contributed by atoms with E-state index in [4.69, 9.17) is 0 Å². The van der Waals surface area contributed by atoms with Crippen LogP contribution in [-0.2, 0) is 9.59 Å². The second-order valence-corrected chi connectivity index (χ2v) is 4.95. The first kappa shape index (κ1) is 13.7. The molecule has 1 unspecified atom stereocenters. The summed E-state index contributed by atoms with van der Waals surface area (Å²) < 4.78 is 12.6. The van der Waals surface area contributed by atoms with Crippen molar-refractivity contribution in [2.45, 2.75) is 19.1 Å². The third-order valence-corrected chi connectivity index (χ3v) is 3.43. The number of hydrogen-bond donors (Lipinski definition) is 1. The fourth-order valence-corrected chi connectivity index (χ4v) is 1.76. The quantitative estimate of drug-likeness (QED) is 0.879. The highest BCUT2D eigenvalue weighted by Gasteiger charge is 2.10. The van der Waals surface area contributed by atoms with Gasteiger partial charge in [0.15, 0.2) is 0 Å². The van der Waals surface area contributed by atoms with E-state index < -0.39 is 0 Å². The average Bonchev–Trinajstić information content (AvgIpc) is 2.29. The predicted molar refractivity (Wildman–Crippen MR) is 67.6 cm³/mol. The maximum Gasteiger partial charge on any atom is 0.234 e. The summed E-state index contributed by atoms with van der Waals surface area (Å²) in [4.78, 5) is 22.4. The zero-order valence-electron chi connectivity index (χ0n) is 9.70. The monoisotopic (exact) mass is 255 g/mol. The molecule has 1 aromatic carbocycles. The topological polar surface area (TPSA) is 46.2 Å². The van der Waals surface area contributed by atoms with Crippen LogP contribution >= 0.6 is 11.8 Å². The van der Waals surface area contributed by atoms with Gasteiger partial charge >= 0.3 is 0 Å². The molecule has 92 valence electrons. The number of amides is 1. The van der Waals surface area contributed by atoms with Crippen molar-refractivity contribution in [3.05, 3.63) is 30.1 Å². The van der Waals surface area contributed by atoms with E-state index in [0.717, 1.165) is 0 Å². The second kappa shape index (κ2) is 6.39. The van der Waals surface area contributed by atoms with Gasteiger partial charge in [0, 0.05) is 5.69 Å². The Labute approximate surface area is 104 Å². The first-order valence-electron chi connectivity index (χ1n) is 5.16. The standard InChI is InChI=1S/C12H14FNO2S/c1-8(15)9(2)17-7-12(16)14-11-5-3-10(13)4-6-11/h3-6,9H,7H2,1-2H3,(H,14,16). The maximum absolute atomic E-state index is 12.6. The molecule has 1 rings (SSSR count). The van der Waals surface area contributed by atoms with Crippen LogP contribution in [0, 0.1) is 5.82 Å². The number of carbonyl (C=O) groups is 2. The van der Waals surface area contributed by atoms with Crippen molar-refractivity contribution in [2.24, 2.45) is 0 Å². The highest BCUT2D eigenvalue weighted by molar-refractivity contribution is 8.01. The maximum atomic E-state index is 12.6. The van der Waals surface area contributed by atoms with E-state index in [1.807, 2.05) is 0 Å². The minimum Gasteiger partial charge on any atom is -0.325 e. The van der Waals surface area contributed by atoms with Gasteiger partial charge in [-0.1, -0.05) is 0 Å². The molecule has 0 aliphatic rings. The smallest absolute Gasteiger partial charge is 0.234 e. The zero-order chi connectivity index (χ0) is 12.8. The van der Waals surface area contributed by atoms with Crippen molar-refractivity contribution in [1.82, 2.24) is 0 Å². The molecule has 0 radical (unpaired) electrons. The molecule has 1 aromatic rings. The molecule has 1 N–H and O–H groups in total. The summed E-state index contributed by atoms with van der Waals surface area (Å²) in [6.07, 6.45) is 0. The highest BCUT2D eigenvalue weighted by atomic mass is 32.2. The van der Waals surface area contributed by atoms with Crippen LogP contribution in [0.5, 0.6) is 0 Å². The lowest BCUT2D eigenvalue weighted by Crippen LogP contribution is -2.18. The van der Waals surface area contributed by atoms with Crippen molar-refractivity contribution in [3.63, 3.8) is 0 Å². The van der Waals surface area contributed by atoms with Crippen LogP contribution in [-0.4, -0.2) is 22.7 Å². The molecule has 0 bridgehead atoms. The van der Waals surface area contributed by atoms with Gasteiger partial charge in [0.2, 0.25) is 5.91 Å². The fourth-order valence-electron chi connectivity index (χ4n) is 1.05. The molecule has 3 nitrogen and oxygen atoms in total. The molecule has 0 aliphatic carbocycles. The molecular formula is C12H14FNO2S. The largest absolute Gasteiger partial charge is 0.325 e. The molecule has 0 spiro atoms. The number of Topliss-reactive ketones (excluding diaryl/α,β-unsaturated/α-hetero) is 1. The number of thioether (sulfide) groups is 1. The predicted octanol–water partition coefficient (Wildman–Crippen LogP) is 2.47. The lowest BCUT2D eigenvalue weighted by atomic mass is 10.3. The molecule has 0 aromatic heterocycles. The SMILES string of the molecule is CC(=O)C(C)SCC(=O)Nc1ccc(F)cc1. The van der Waals surface area contributed by atoms with Crippen LogP contribution in [0.15, 0.2) is 24.3 Å². The third kappa shape index (κ3) is 4.99. The van der Waals surface area contributed by atoms with E-state index in [9.17, 15) is 14.0 Å². The molecule has 0 aliphatic heterocycles. The number of hydrogen-bond acceptors (Lipinski definition) is 3. The molecule has 17 heavy (non-hydrogen) atoms. The molecule has 1 amide bonds. The lowest BCUT2D eigenvalue weighted by molar-refractivity contribution is -0.116. The van der Waals surface area contributed by atoms with E-state index in [-0.39, 0.29) is 28.5 Å². The van der Waals surface area contributed by atoms with Crippen LogP contribution in [0.1, 0.15) is 13.8 Å². The Balaban J connectivity index is 2.39. The van der Waals surface area contributed by atoms with Crippen molar-refractivity contribution in [2.75, 3.05) is 11.1 Å². The number of benzene rings is 1. The number of rotatable bonds is 5. The van der Waals surface area contributed by atoms with Gasteiger partial charge in [-0.05, 0) is 38.1 Å². The first-order chi connectivity index (χ1) is 7.99. The van der Waals surface area contributed by atoms with E-state index >= 15 is 0 Å². The third-order valence-electron chi connectivity index (χ3n) is 2.16. The Morgan fingerprint density at radius 1 is 1.35 bits per heavy atom. The number of carbonyl (C=O) groups excluding carboxylic acids is 2. The van der Waals surface area contributed by atoms with Crippen LogP contribution in [0.4, 0.5) is 10.1 Å². The van der Waals surface area contributed by atoms with Gasteiger partial charge in [-0.25, -0.2) is 4.39 Å². The Morgan fingerprint density at radius 2 is 1.94 bits per heavy atom. The van der Waals surface area contributed by atoms with E-state index in [1.54, 1.807) is 6.92 Å². The normalized spacial score (nSPS) is 11.9. The number of halogens is 1. The molecule has 1 atom stereocenters. The van der Waals surface area contributed by atoms with Gasteiger partial charge in [0.1, 0.15) is 11.6 Å².